The number of hydrogen-bond donors (Lipinski definition) is 2. The van der Waals surface area contributed by atoms with Crippen LogP contribution in [-0.4, -0.2) is 31.5 Å². The van der Waals surface area contributed by atoms with Gasteiger partial charge >= 0.3 is 0 Å². The van der Waals surface area contributed by atoms with E-state index >= 15 is 0 Å². The van der Waals surface area contributed by atoms with Gasteiger partial charge in [-0.1, -0.05) is 19.3 Å². The molecule has 1 spiro atoms. The second kappa shape index (κ2) is 6.08. The molecule has 0 amide bonds. The Hall–Kier alpha value is -0.160. The smallest absolute Gasteiger partial charge is 0.0685 e. The summed E-state index contributed by atoms with van der Waals surface area (Å²) in [4.78, 5) is 0. The summed E-state index contributed by atoms with van der Waals surface area (Å²) in [6, 6.07) is 0.408. The maximum absolute atomic E-state index is 6.19. The molecule has 0 bridgehead atoms. The van der Waals surface area contributed by atoms with E-state index in [1.807, 2.05) is 0 Å². The second-order valence-electron chi connectivity index (χ2n) is 6.66. The zero-order chi connectivity index (χ0) is 13.1. The molecule has 4 heteroatoms. The van der Waals surface area contributed by atoms with Crippen LogP contribution in [0.1, 0.15) is 51.4 Å². The molecule has 3 aliphatic rings. The third-order valence-corrected chi connectivity index (χ3v) is 5.47. The van der Waals surface area contributed by atoms with E-state index in [0.29, 0.717) is 17.9 Å². The molecule has 3 N–H and O–H groups in total. The number of nitrogens with two attached hydrogens (primary N) is 1. The van der Waals surface area contributed by atoms with E-state index in [9.17, 15) is 0 Å². The molecular formula is C15H28N2O2. The minimum absolute atomic E-state index is 0.176. The van der Waals surface area contributed by atoms with Crippen molar-refractivity contribution in [3.63, 3.8) is 0 Å². The lowest BCUT2D eigenvalue weighted by molar-refractivity contribution is -0.124. The zero-order valence-electron chi connectivity index (χ0n) is 11.9. The first kappa shape index (κ1) is 13.8. The van der Waals surface area contributed by atoms with Crippen molar-refractivity contribution in [1.82, 2.24) is 5.43 Å². The summed E-state index contributed by atoms with van der Waals surface area (Å²) in [5.41, 5.74) is 3.28. The molecule has 2 heterocycles. The molecule has 0 aromatic rings. The Morgan fingerprint density at radius 3 is 2.53 bits per heavy atom. The molecule has 2 saturated heterocycles. The van der Waals surface area contributed by atoms with E-state index < -0.39 is 0 Å². The standard InChI is InChI=1S/C15H28N2O2/c16-17-14(13-4-8-18-11-13)12-5-9-19-15(10-12)6-2-1-3-7-15/h12-14,17H,1-11,16H2. The van der Waals surface area contributed by atoms with E-state index in [1.165, 1.54) is 38.5 Å². The third kappa shape index (κ3) is 2.97. The summed E-state index contributed by atoms with van der Waals surface area (Å²) in [6.45, 7) is 2.69. The Morgan fingerprint density at radius 1 is 1.05 bits per heavy atom. The summed E-state index contributed by atoms with van der Waals surface area (Å²) in [6.07, 6.45) is 10.0. The van der Waals surface area contributed by atoms with Gasteiger partial charge in [-0.25, -0.2) is 0 Å². The van der Waals surface area contributed by atoms with Crippen LogP contribution < -0.4 is 11.3 Å². The normalized spacial score (nSPS) is 36.5. The molecule has 3 rings (SSSR count). The van der Waals surface area contributed by atoms with Crippen molar-refractivity contribution in [2.45, 2.75) is 63.0 Å². The van der Waals surface area contributed by atoms with Crippen LogP contribution in [-0.2, 0) is 9.47 Å². The highest BCUT2D eigenvalue weighted by molar-refractivity contribution is 4.94. The fraction of sp³-hybridized carbons (Fsp3) is 1.00. The number of hydrazine groups is 1. The van der Waals surface area contributed by atoms with E-state index in [-0.39, 0.29) is 5.60 Å². The van der Waals surface area contributed by atoms with Crippen molar-refractivity contribution < 1.29 is 9.47 Å². The van der Waals surface area contributed by atoms with Crippen molar-refractivity contribution in [1.29, 1.82) is 0 Å². The lowest BCUT2D eigenvalue weighted by Crippen LogP contribution is -2.52. The maximum Gasteiger partial charge on any atom is 0.0685 e. The van der Waals surface area contributed by atoms with Crippen molar-refractivity contribution in [2.75, 3.05) is 19.8 Å². The van der Waals surface area contributed by atoms with Gasteiger partial charge in [0.05, 0.1) is 12.2 Å². The van der Waals surface area contributed by atoms with Gasteiger partial charge in [0.2, 0.25) is 0 Å². The van der Waals surface area contributed by atoms with Crippen molar-refractivity contribution in [3.05, 3.63) is 0 Å². The van der Waals surface area contributed by atoms with Gasteiger partial charge in [-0.15, -0.1) is 0 Å². The van der Waals surface area contributed by atoms with Crippen molar-refractivity contribution >= 4 is 0 Å². The first-order valence-electron chi connectivity index (χ1n) is 8.01. The first-order valence-corrected chi connectivity index (χ1v) is 8.01. The Labute approximate surface area is 116 Å². The second-order valence-corrected chi connectivity index (χ2v) is 6.66. The third-order valence-electron chi connectivity index (χ3n) is 5.47. The Bertz CT molecular complexity index is 280. The van der Waals surface area contributed by atoms with Crippen LogP contribution in [0.2, 0.25) is 0 Å². The molecule has 3 unspecified atom stereocenters. The Kier molecular flexibility index (Phi) is 4.42. The summed E-state index contributed by atoms with van der Waals surface area (Å²) in [5.74, 6) is 7.10. The molecule has 0 radical (unpaired) electrons. The minimum atomic E-state index is 0.176. The topological polar surface area (TPSA) is 56.5 Å². The molecule has 3 fully saturated rings. The Balaban J connectivity index is 1.65. The zero-order valence-corrected chi connectivity index (χ0v) is 11.9. The van der Waals surface area contributed by atoms with Gasteiger partial charge in [0.1, 0.15) is 0 Å². The van der Waals surface area contributed by atoms with Gasteiger partial charge in [-0.2, -0.15) is 0 Å². The molecular weight excluding hydrogens is 240 g/mol. The van der Waals surface area contributed by atoms with E-state index in [1.54, 1.807) is 0 Å². The fourth-order valence-electron chi connectivity index (χ4n) is 4.41. The summed E-state index contributed by atoms with van der Waals surface area (Å²) in [5, 5.41) is 0. The molecule has 0 aromatic carbocycles. The lowest BCUT2D eigenvalue weighted by atomic mass is 9.72. The van der Waals surface area contributed by atoms with Gasteiger partial charge in [-0.3, -0.25) is 11.3 Å². The molecule has 4 nitrogen and oxygen atoms in total. The predicted molar refractivity (Wildman–Crippen MR) is 74.5 cm³/mol. The highest BCUT2D eigenvalue weighted by atomic mass is 16.5. The van der Waals surface area contributed by atoms with Crippen LogP contribution in [0.5, 0.6) is 0 Å². The maximum atomic E-state index is 6.19. The first-order chi connectivity index (χ1) is 9.33. The van der Waals surface area contributed by atoms with Gasteiger partial charge in [0.25, 0.3) is 0 Å². The molecule has 19 heavy (non-hydrogen) atoms. The van der Waals surface area contributed by atoms with E-state index in [4.69, 9.17) is 15.3 Å². The quantitative estimate of drug-likeness (QED) is 0.607. The van der Waals surface area contributed by atoms with Crippen LogP contribution in [0.3, 0.4) is 0 Å². The van der Waals surface area contributed by atoms with Gasteiger partial charge in [0.15, 0.2) is 0 Å². The van der Waals surface area contributed by atoms with Gasteiger partial charge < -0.3 is 9.47 Å². The molecule has 2 aliphatic heterocycles. The Morgan fingerprint density at radius 2 is 1.84 bits per heavy atom. The summed E-state index contributed by atoms with van der Waals surface area (Å²) in [7, 11) is 0. The van der Waals surface area contributed by atoms with E-state index in [0.717, 1.165) is 32.7 Å². The SMILES string of the molecule is NNC(C1CCOC1)C1CCOC2(CCCCC2)C1. The monoisotopic (exact) mass is 268 g/mol. The summed E-state index contributed by atoms with van der Waals surface area (Å²) < 4.78 is 11.7. The largest absolute Gasteiger partial charge is 0.381 e. The number of hydrogen-bond acceptors (Lipinski definition) is 4. The van der Waals surface area contributed by atoms with Gasteiger partial charge in [0, 0.05) is 25.2 Å². The van der Waals surface area contributed by atoms with Crippen LogP contribution in [0.25, 0.3) is 0 Å². The highest BCUT2D eigenvalue weighted by Gasteiger charge is 2.42. The van der Waals surface area contributed by atoms with Crippen molar-refractivity contribution in [3.8, 4) is 0 Å². The van der Waals surface area contributed by atoms with Crippen LogP contribution in [0.15, 0.2) is 0 Å². The average molecular weight is 268 g/mol. The predicted octanol–water partition coefficient (Wildman–Crippen LogP) is 1.98. The molecule has 110 valence electrons. The summed E-state index contributed by atoms with van der Waals surface area (Å²) >= 11 is 0. The number of nitrogens with one attached hydrogen (secondary N) is 1. The lowest BCUT2D eigenvalue weighted by Gasteiger charge is -2.46. The van der Waals surface area contributed by atoms with E-state index in [2.05, 4.69) is 5.43 Å². The fourth-order valence-corrected chi connectivity index (χ4v) is 4.41. The molecule has 1 saturated carbocycles. The molecule has 1 aliphatic carbocycles. The molecule has 0 aromatic heterocycles. The molecule has 3 atom stereocenters. The van der Waals surface area contributed by atoms with Gasteiger partial charge in [-0.05, 0) is 38.0 Å². The van der Waals surface area contributed by atoms with Crippen LogP contribution in [0.4, 0.5) is 0 Å². The number of ether oxygens (including phenoxy) is 2. The van der Waals surface area contributed by atoms with Crippen LogP contribution >= 0.6 is 0 Å². The van der Waals surface area contributed by atoms with Crippen LogP contribution in [0, 0.1) is 11.8 Å². The highest BCUT2D eigenvalue weighted by Crippen LogP contribution is 2.42. The van der Waals surface area contributed by atoms with Crippen molar-refractivity contribution in [2.24, 2.45) is 17.7 Å². The average Bonchev–Trinajstić information content (AvgIpc) is 2.95. The number of rotatable bonds is 3. The minimum Gasteiger partial charge on any atom is -0.381 e.